The molecule has 4 aromatic rings. The summed E-state index contributed by atoms with van der Waals surface area (Å²) in [5.74, 6) is -2.40. The summed E-state index contributed by atoms with van der Waals surface area (Å²) < 4.78 is 11.6. The van der Waals surface area contributed by atoms with Crippen molar-refractivity contribution in [2.45, 2.75) is 121 Å². The smallest absolute Gasteiger partial charge is 0.407 e. The second kappa shape index (κ2) is 21.9. The molecular formula is C54H63N5O8. The van der Waals surface area contributed by atoms with E-state index < -0.39 is 48.2 Å². The molecule has 1 unspecified atom stereocenters. The number of nitrogens with zero attached hydrogens (tertiary/aromatic N) is 3. The first kappa shape index (κ1) is 47.0. The van der Waals surface area contributed by atoms with E-state index in [-0.39, 0.29) is 49.2 Å². The Kier molecular flexibility index (Phi) is 15.3. The number of ether oxygens (including phenoxy) is 2. The van der Waals surface area contributed by atoms with Crippen molar-refractivity contribution in [2.75, 3.05) is 26.2 Å². The molecule has 4 aliphatic rings. The van der Waals surface area contributed by atoms with Gasteiger partial charge < -0.3 is 34.8 Å². The van der Waals surface area contributed by atoms with E-state index in [2.05, 4.69) is 34.9 Å². The molecule has 13 nitrogen and oxygen atoms in total. The number of benzene rings is 4. The number of amides is 5. The van der Waals surface area contributed by atoms with Crippen LogP contribution in [0.5, 0.6) is 0 Å². The molecule has 0 saturated carbocycles. The van der Waals surface area contributed by atoms with Gasteiger partial charge in [-0.15, -0.1) is 0 Å². The van der Waals surface area contributed by atoms with Crippen LogP contribution in [0.15, 0.2) is 109 Å². The Bertz CT molecular complexity index is 2350. The predicted octanol–water partition coefficient (Wildman–Crippen LogP) is 7.16. The number of nitrogens with one attached hydrogen (secondary N) is 2. The van der Waals surface area contributed by atoms with E-state index in [4.69, 9.17) is 9.47 Å². The van der Waals surface area contributed by atoms with E-state index in [0.717, 1.165) is 39.8 Å². The topological polar surface area (TPSA) is 155 Å². The number of hydrogen-bond acceptors (Lipinski definition) is 8. The van der Waals surface area contributed by atoms with Gasteiger partial charge in [0.05, 0.1) is 0 Å². The molecule has 0 spiro atoms. The molecule has 3 fully saturated rings. The zero-order valence-corrected chi connectivity index (χ0v) is 38.6. The molecule has 3 heterocycles. The molecule has 13 heteroatoms. The first-order valence-corrected chi connectivity index (χ1v) is 24.2. The van der Waals surface area contributed by atoms with Crippen LogP contribution in [0, 0.1) is 5.92 Å². The Morgan fingerprint density at radius 3 is 1.81 bits per heavy atom. The van der Waals surface area contributed by atoms with Gasteiger partial charge in [0.25, 0.3) is 0 Å². The Morgan fingerprint density at radius 2 is 1.15 bits per heavy atom. The van der Waals surface area contributed by atoms with Gasteiger partial charge >= 0.3 is 12.1 Å². The fourth-order valence-electron chi connectivity index (χ4n) is 10.4. The van der Waals surface area contributed by atoms with Crippen molar-refractivity contribution in [3.63, 3.8) is 0 Å². The molecule has 1 aliphatic carbocycles. The second-order valence-corrected chi connectivity index (χ2v) is 18.5. The lowest BCUT2D eigenvalue weighted by atomic mass is 9.93. The molecule has 352 valence electrons. The summed E-state index contributed by atoms with van der Waals surface area (Å²) in [4.78, 5) is 90.3. The van der Waals surface area contributed by atoms with Crippen LogP contribution in [0.25, 0.3) is 11.1 Å². The summed E-state index contributed by atoms with van der Waals surface area (Å²) >= 11 is 0. The molecule has 2 N–H and O–H groups in total. The number of esters is 1. The minimum absolute atomic E-state index is 0.0886. The maximum Gasteiger partial charge on any atom is 0.407 e. The van der Waals surface area contributed by atoms with E-state index >= 15 is 0 Å². The van der Waals surface area contributed by atoms with Gasteiger partial charge in [0.15, 0.2) is 0 Å². The standard InChI is InChI=1S/C54H63N5O8/c1-3-36(2)48(56-54(65)67-35-43-41-25-12-10-23-39(41)40-24-11-13-26-42(40)43)52(63)58-31-17-15-28-46(58)51(62)57-30-16-14-27-45(57)49(60)55-44(33-37-19-6-4-7-20-37)50(61)59-32-18-29-47(59)53(64)66-34-38-21-8-5-9-22-38/h4-13,19-26,36,43-48H,3,14-18,27-35H2,1-2H3,(H,55,60)(H,56,65)/t36?,44-,45+,46-,47+,48+/m1/s1. The maximum atomic E-state index is 14.8. The lowest BCUT2D eigenvalue weighted by Gasteiger charge is -2.43. The van der Waals surface area contributed by atoms with Crippen molar-refractivity contribution in [3.05, 3.63) is 131 Å². The van der Waals surface area contributed by atoms with Gasteiger partial charge in [-0.2, -0.15) is 0 Å². The molecule has 67 heavy (non-hydrogen) atoms. The fraction of sp³-hybridized carbons (Fsp3) is 0.444. The van der Waals surface area contributed by atoms with Gasteiger partial charge in [0, 0.05) is 32.0 Å². The van der Waals surface area contributed by atoms with Crippen LogP contribution in [0.2, 0.25) is 0 Å². The highest BCUT2D eigenvalue weighted by molar-refractivity contribution is 5.96. The van der Waals surface area contributed by atoms with E-state index in [1.54, 1.807) is 9.80 Å². The van der Waals surface area contributed by atoms with E-state index in [0.29, 0.717) is 71.0 Å². The van der Waals surface area contributed by atoms with Crippen LogP contribution in [0.1, 0.15) is 99.8 Å². The molecule has 5 amide bonds. The summed E-state index contributed by atoms with van der Waals surface area (Å²) in [6, 6.07) is 30.5. The van der Waals surface area contributed by atoms with Crippen LogP contribution in [0.3, 0.4) is 0 Å². The van der Waals surface area contributed by atoms with Crippen molar-refractivity contribution in [3.8, 4) is 11.1 Å². The lowest BCUT2D eigenvalue weighted by Crippen LogP contribution is -2.63. The highest BCUT2D eigenvalue weighted by Crippen LogP contribution is 2.44. The normalized spacial score (nSPS) is 20.4. The van der Waals surface area contributed by atoms with Gasteiger partial charge in [-0.25, -0.2) is 9.59 Å². The van der Waals surface area contributed by atoms with Crippen LogP contribution in [0.4, 0.5) is 4.79 Å². The van der Waals surface area contributed by atoms with Crippen molar-refractivity contribution in [1.29, 1.82) is 0 Å². The van der Waals surface area contributed by atoms with Crippen LogP contribution in [-0.2, 0) is 46.5 Å². The minimum Gasteiger partial charge on any atom is -0.459 e. The average molecular weight is 910 g/mol. The third-order valence-electron chi connectivity index (χ3n) is 14.2. The van der Waals surface area contributed by atoms with Crippen LogP contribution in [-0.4, -0.2) is 107 Å². The van der Waals surface area contributed by atoms with Crippen molar-refractivity contribution in [1.82, 2.24) is 25.3 Å². The third-order valence-corrected chi connectivity index (χ3v) is 14.2. The van der Waals surface area contributed by atoms with Gasteiger partial charge in [0.1, 0.15) is 43.4 Å². The Balaban J connectivity index is 0.949. The van der Waals surface area contributed by atoms with Gasteiger partial charge in [0.2, 0.25) is 23.6 Å². The fourth-order valence-corrected chi connectivity index (χ4v) is 10.4. The highest BCUT2D eigenvalue weighted by Gasteiger charge is 2.44. The second-order valence-electron chi connectivity index (χ2n) is 18.5. The van der Waals surface area contributed by atoms with E-state index in [9.17, 15) is 28.8 Å². The third kappa shape index (κ3) is 10.7. The molecule has 0 radical (unpaired) electrons. The number of carbonyl (C=O) groups is 6. The van der Waals surface area contributed by atoms with Gasteiger partial charge in [-0.1, -0.05) is 129 Å². The quantitative estimate of drug-likeness (QED) is 0.119. The molecule has 8 rings (SSSR count). The van der Waals surface area contributed by atoms with Gasteiger partial charge in [-0.05, 0) is 90.7 Å². The number of carbonyl (C=O) groups excluding carboxylic acids is 6. The molecule has 3 saturated heterocycles. The molecule has 6 atom stereocenters. The number of likely N-dealkylation sites (tertiary alicyclic amines) is 3. The monoisotopic (exact) mass is 909 g/mol. The number of rotatable bonds is 15. The van der Waals surface area contributed by atoms with Gasteiger partial charge in [-0.3, -0.25) is 19.2 Å². The zero-order valence-electron chi connectivity index (χ0n) is 38.6. The Morgan fingerprint density at radius 1 is 0.597 bits per heavy atom. The summed E-state index contributed by atoms with van der Waals surface area (Å²) in [6.45, 7) is 5.05. The van der Waals surface area contributed by atoms with Crippen molar-refractivity contribution in [2.24, 2.45) is 5.92 Å². The maximum absolute atomic E-state index is 14.8. The van der Waals surface area contributed by atoms with E-state index in [1.807, 2.05) is 98.8 Å². The Labute approximate surface area is 393 Å². The van der Waals surface area contributed by atoms with Crippen molar-refractivity contribution >= 4 is 35.7 Å². The predicted molar refractivity (Wildman–Crippen MR) is 253 cm³/mol. The number of fused-ring (bicyclic) bond motifs is 3. The number of hydrogen-bond donors (Lipinski definition) is 2. The van der Waals surface area contributed by atoms with Crippen molar-refractivity contribution < 1.29 is 38.2 Å². The Hall–Kier alpha value is -6.50. The number of alkyl carbamates (subject to hydrolysis) is 1. The summed E-state index contributed by atoms with van der Waals surface area (Å²) in [5, 5.41) is 5.93. The summed E-state index contributed by atoms with van der Waals surface area (Å²) in [6.07, 6.45) is 4.75. The number of piperidine rings is 2. The minimum atomic E-state index is -1.01. The molecule has 0 bridgehead atoms. The highest BCUT2D eigenvalue weighted by atomic mass is 16.5. The largest absolute Gasteiger partial charge is 0.459 e. The first-order valence-electron chi connectivity index (χ1n) is 24.2. The van der Waals surface area contributed by atoms with Crippen LogP contribution >= 0.6 is 0 Å². The molecule has 3 aliphatic heterocycles. The lowest BCUT2D eigenvalue weighted by molar-refractivity contribution is -0.156. The molecule has 0 aromatic heterocycles. The summed E-state index contributed by atoms with van der Waals surface area (Å²) in [5.41, 5.74) is 6.07. The average Bonchev–Trinajstić information content (AvgIpc) is 4.00. The van der Waals surface area contributed by atoms with Crippen LogP contribution < -0.4 is 10.6 Å². The molecule has 4 aromatic carbocycles. The first-order chi connectivity index (χ1) is 32.6. The zero-order chi connectivity index (χ0) is 46.9. The summed E-state index contributed by atoms with van der Waals surface area (Å²) in [7, 11) is 0. The molecular weight excluding hydrogens is 847 g/mol. The SMILES string of the molecule is CCC(C)[C@H](NC(=O)OCC1c2ccccc2-c2ccccc21)C(=O)N1CCCC[C@@H]1C(=O)N1CCCC[C@H]1C(=O)N[C@H](Cc1ccccc1)C(=O)N1CCC[C@H]1C(=O)OCc1ccccc1. The van der Waals surface area contributed by atoms with E-state index in [1.165, 1.54) is 4.90 Å².